The number of hydrogen-bond donors (Lipinski definition) is 2. The molecule has 0 aliphatic heterocycles. The quantitative estimate of drug-likeness (QED) is 0.392. The highest BCUT2D eigenvalue weighted by Crippen LogP contribution is 2.26. The summed E-state index contributed by atoms with van der Waals surface area (Å²) in [5.41, 5.74) is 9.35. The standard InChI is InChI=1S/C16H17ClN2O2/c1-10-3-6-14(17)15(7-10)21-9-13-5-4-12(8-11(13)2)16(18)19-20/h3-8,20H,9H2,1-2H3,(H2,18,19). The molecule has 0 radical (unpaired) electrons. The van der Waals surface area contributed by atoms with Crippen molar-refractivity contribution in [2.45, 2.75) is 20.5 Å². The molecule has 0 spiro atoms. The number of hydrogen-bond acceptors (Lipinski definition) is 3. The Hall–Kier alpha value is -2.20. The zero-order valence-electron chi connectivity index (χ0n) is 11.9. The molecule has 2 aromatic rings. The van der Waals surface area contributed by atoms with Crippen molar-refractivity contribution >= 4 is 17.4 Å². The number of nitrogens with zero attached hydrogens (tertiary/aromatic N) is 1. The first kappa shape index (κ1) is 15.2. The van der Waals surface area contributed by atoms with Crippen LogP contribution >= 0.6 is 11.6 Å². The Morgan fingerprint density at radius 3 is 2.67 bits per heavy atom. The normalized spacial score (nSPS) is 11.5. The molecule has 2 aromatic carbocycles. The average molecular weight is 305 g/mol. The lowest BCUT2D eigenvalue weighted by Gasteiger charge is -2.11. The summed E-state index contributed by atoms with van der Waals surface area (Å²) in [6, 6.07) is 11.2. The lowest BCUT2D eigenvalue weighted by molar-refractivity contribution is 0.305. The van der Waals surface area contributed by atoms with Crippen molar-refractivity contribution < 1.29 is 9.94 Å². The fourth-order valence-corrected chi connectivity index (χ4v) is 2.12. The fraction of sp³-hybridized carbons (Fsp3) is 0.188. The monoisotopic (exact) mass is 304 g/mol. The van der Waals surface area contributed by atoms with Crippen molar-refractivity contribution in [3.8, 4) is 5.75 Å². The first-order chi connectivity index (χ1) is 10.0. The zero-order chi connectivity index (χ0) is 15.4. The minimum absolute atomic E-state index is 0.0901. The van der Waals surface area contributed by atoms with Crippen LogP contribution in [0.25, 0.3) is 0 Å². The molecule has 5 heteroatoms. The lowest BCUT2D eigenvalue weighted by Crippen LogP contribution is -2.13. The lowest BCUT2D eigenvalue weighted by atomic mass is 10.1. The highest BCUT2D eigenvalue weighted by molar-refractivity contribution is 6.32. The van der Waals surface area contributed by atoms with Gasteiger partial charge in [-0.3, -0.25) is 0 Å². The molecule has 0 saturated carbocycles. The predicted molar refractivity (Wildman–Crippen MR) is 84.2 cm³/mol. The fourth-order valence-electron chi connectivity index (χ4n) is 1.95. The first-order valence-electron chi connectivity index (χ1n) is 6.47. The highest BCUT2D eigenvalue weighted by atomic mass is 35.5. The number of nitrogens with two attached hydrogens (primary N) is 1. The summed E-state index contributed by atoms with van der Waals surface area (Å²) in [6.07, 6.45) is 0. The van der Waals surface area contributed by atoms with Gasteiger partial charge in [0.2, 0.25) is 0 Å². The van der Waals surface area contributed by atoms with E-state index in [-0.39, 0.29) is 5.84 Å². The van der Waals surface area contributed by atoms with E-state index >= 15 is 0 Å². The summed E-state index contributed by atoms with van der Waals surface area (Å²) in [6.45, 7) is 4.34. The Labute approximate surface area is 128 Å². The molecule has 0 fully saturated rings. The van der Waals surface area contributed by atoms with E-state index < -0.39 is 0 Å². The van der Waals surface area contributed by atoms with Crippen LogP contribution in [0, 0.1) is 13.8 Å². The van der Waals surface area contributed by atoms with Crippen LogP contribution in [-0.4, -0.2) is 11.0 Å². The van der Waals surface area contributed by atoms with E-state index in [4.69, 9.17) is 27.3 Å². The van der Waals surface area contributed by atoms with Gasteiger partial charge in [0.15, 0.2) is 5.84 Å². The van der Waals surface area contributed by atoms with Crippen LogP contribution in [0.15, 0.2) is 41.6 Å². The van der Waals surface area contributed by atoms with Crippen molar-refractivity contribution in [3.63, 3.8) is 0 Å². The summed E-state index contributed by atoms with van der Waals surface area (Å²) in [5, 5.41) is 12.3. The molecule has 21 heavy (non-hydrogen) atoms. The summed E-state index contributed by atoms with van der Waals surface area (Å²) in [7, 11) is 0. The number of halogens is 1. The summed E-state index contributed by atoms with van der Waals surface area (Å²) >= 11 is 6.10. The molecule has 0 bridgehead atoms. The van der Waals surface area contributed by atoms with Gasteiger partial charge >= 0.3 is 0 Å². The Kier molecular flexibility index (Phi) is 4.70. The Bertz CT molecular complexity index is 684. The Morgan fingerprint density at radius 1 is 1.24 bits per heavy atom. The second kappa shape index (κ2) is 6.50. The van der Waals surface area contributed by atoms with Crippen LogP contribution in [0.2, 0.25) is 5.02 Å². The van der Waals surface area contributed by atoms with E-state index in [9.17, 15) is 0 Å². The van der Waals surface area contributed by atoms with Crippen molar-refractivity contribution in [2.75, 3.05) is 0 Å². The molecular formula is C16H17ClN2O2. The maximum Gasteiger partial charge on any atom is 0.170 e. The number of benzene rings is 2. The van der Waals surface area contributed by atoms with Gasteiger partial charge in [-0.25, -0.2) is 0 Å². The van der Waals surface area contributed by atoms with Crippen LogP contribution in [0.1, 0.15) is 22.3 Å². The zero-order valence-corrected chi connectivity index (χ0v) is 12.7. The van der Waals surface area contributed by atoms with E-state index in [1.54, 1.807) is 6.07 Å². The van der Waals surface area contributed by atoms with E-state index in [0.717, 1.165) is 16.7 Å². The van der Waals surface area contributed by atoms with Gasteiger partial charge in [0.1, 0.15) is 12.4 Å². The molecule has 0 aliphatic carbocycles. The van der Waals surface area contributed by atoms with E-state index in [1.165, 1.54) is 0 Å². The van der Waals surface area contributed by atoms with Gasteiger partial charge in [0.05, 0.1) is 5.02 Å². The van der Waals surface area contributed by atoms with Crippen molar-refractivity contribution in [1.29, 1.82) is 0 Å². The smallest absolute Gasteiger partial charge is 0.170 e. The van der Waals surface area contributed by atoms with Gasteiger partial charge < -0.3 is 15.7 Å². The molecular weight excluding hydrogens is 288 g/mol. The predicted octanol–water partition coefficient (Wildman–Crippen LogP) is 3.63. The minimum Gasteiger partial charge on any atom is -0.487 e. The third-order valence-corrected chi connectivity index (χ3v) is 3.53. The van der Waals surface area contributed by atoms with Crippen LogP contribution in [-0.2, 0) is 6.61 Å². The molecule has 0 atom stereocenters. The van der Waals surface area contributed by atoms with Crippen LogP contribution in [0.5, 0.6) is 5.75 Å². The van der Waals surface area contributed by atoms with Gasteiger partial charge in [0.25, 0.3) is 0 Å². The largest absolute Gasteiger partial charge is 0.487 e. The second-order valence-electron chi connectivity index (χ2n) is 4.85. The Morgan fingerprint density at radius 2 is 2.00 bits per heavy atom. The topological polar surface area (TPSA) is 67.8 Å². The molecule has 0 aliphatic rings. The van der Waals surface area contributed by atoms with Gasteiger partial charge in [-0.2, -0.15) is 0 Å². The maximum absolute atomic E-state index is 8.68. The summed E-state index contributed by atoms with van der Waals surface area (Å²) < 4.78 is 5.77. The molecule has 0 aromatic heterocycles. The molecule has 0 amide bonds. The number of aryl methyl sites for hydroxylation is 2. The molecule has 0 unspecified atom stereocenters. The highest BCUT2D eigenvalue weighted by Gasteiger charge is 2.06. The molecule has 0 saturated heterocycles. The van der Waals surface area contributed by atoms with Crippen LogP contribution < -0.4 is 10.5 Å². The van der Waals surface area contributed by atoms with Crippen LogP contribution in [0.4, 0.5) is 0 Å². The molecule has 0 heterocycles. The van der Waals surface area contributed by atoms with E-state index in [0.29, 0.717) is 22.9 Å². The third kappa shape index (κ3) is 3.67. The number of oxime groups is 1. The van der Waals surface area contributed by atoms with Crippen LogP contribution in [0.3, 0.4) is 0 Å². The summed E-state index contributed by atoms with van der Waals surface area (Å²) in [4.78, 5) is 0. The van der Waals surface area contributed by atoms with Crippen molar-refractivity contribution in [3.05, 3.63) is 63.7 Å². The number of amidine groups is 1. The number of ether oxygens (including phenoxy) is 1. The second-order valence-corrected chi connectivity index (χ2v) is 5.26. The van der Waals surface area contributed by atoms with Gasteiger partial charge in [-0.15, -0.1) is 0 Å². The first-order valence-corrected chi connectivity index (χ1v) is 6.85. The molecule has 110 valence electrons. The van der Waals surface area contributed by atoms with E-state index in [1.807, 2.05) is 44.2 Å². The van der Waals surface area contributed by atoms with Crippen molar-refractivity contribution in [1.82, 2.24) is 0 Å². The van der Waals surface area contributed by atoms with Gasteiger partial charge in [-0.05, 0) is 48.7 Å². The maximum atomic E-state index is 8.68. The summed E-state index contributed by atoms with van der Waals surface area (Å²) in [5.74, 6) is 0.754. The molecule has 4 nitrogen and oxygen atoms in total. The van der Waals surface area contributed by atoms with E-state index in [2.05, 4.69) is 5.16 Å². The van der Waals surface area contributed by atoms with Gasteiger partial charge in [-0.1, -0.05) is 35.0 Å². The average Bonchev–Trinajstić information content (AvgIpc) is 2.48. The van der Waals surface area contributed by atoms with Crippen molar-refractivity contribution in [2.24, 2.45) is 10.9 Å². The minimum atomic E-state index is 0.0901. The number of rotatable bonds is 4. The SMILES string of the molecule is Cc1ccc(Cl)c(OCc2ccc(/C(N)=N/O)cc2C)c1. The van der Waals surface area contributed by atoms with Gasteiger partial charge in [0, 0.05) is 5.56 Å². The molecule has 2 rings (SSSR count). The third-order valence-electron chi connectivity index (χ3n) is 3.22. The molecule has 3 N–H and O–H groups in total. The Balaban J connectivity index is 2.15.